The molecule has 98 valence electrons. The molecular weight excluding hydrogens is 196 g/mol. The monoisotopic (exact) mass is 228 g/mol. The summed E-state index contributed by atoms with van der Waals surface area (Å²) in [6.45, 7) is 10.3. The van der Waals surface area contributed by atoms with Crippen LogP contribution in [-0.2, 0) is 0 Å². The molecule has 0 amide bonds. The number of hydrogen-bond donors (Lipinski definition) is 1. The first-order valence-corrected chi connectivity index (χ1v) is 6.87. The Morgan fingerprint density at radius 1 is 1.12 bits per heavy atom. The molecule has 0 saturated carbocycles. The van der Waals surface area contributed by atoms with Crippen LogP contribution in [0.3, 0.4) is 0 Å². The molecule has 0 radical (unpaired) electrons. The van der Waals surface area contributed by atoms with Crippen molar-refractivity contribution in [2.45, 2.75) is 65.5 Å². The first-order valence-electron chi connectivity index (χ1n) is 6.87. The minimum Gasteiger partial charge on any atom is -0.313 e. The van der Waals surface area contributed by atoms with Gasteiger partial charge < -0.3 is 10.2 Å². The van der Waals surface area contributed by atoms with Crippen molar-refractivity contribution in [3.8, 4) is 0 Å². The second-order valence-corrected chi connectivity index (χ2v) is 5.70. The Labute approximate surface area is 103 Å². The van der Waals surface area contributed by atoms with E-state index in [1.807, 2.05) is 0 Å². The van der Waals surface area contributed by atoms with E-state index in [0.29, 0.717) is 12.1 Å². The number of likely N-dealkylation sites (N-methyl/N-ethyl adjacent to an activating group) is 1. The van der Waals surface area contributed by atoms with Gasteiger partial charge in [0, 0.05) is 18.6 Å². The fourth-order valence-electron chi connectivity index (χ4n) is 1.97. The van der Waals surface area contributed by atoms with Gasteiger partial charge in [0.1, 0.15) is 0 Å². The predicted octanol–water partition coefficient (Wildman–Crippen LogP) is 3.13. The van der Waals surface area contributed by atoms with Gasteiger partial charge in [-0.2, -0.15) is 0 Å². The third-order valence-electron chi connectivity index (χ3n) is 3.17. The normalized spacial score (nSPS) is 15.8. The highest BCUT2D eigenvalue weighted by Crippen LogP contribution is 2.09. The van der Waals surface area contributed by atoms with Gasteiger partial charge in [-0.05, 0) is 39.8 Å². The first-order chi connectivity index (χ1) is 7.47. The Balaban J connectivity index is 3.82. The van der Waals surface area contributed by atoms with Gasteiger partial charge in [-0.25, -0.2) is 0 Å². The van der Waals surface area contributed by atoms with Gasteiger partial charge in [0.25, 0.3) is 0 Å². The van der Waals surface area contributed by atoms with E-state index >= 15 is 0 Å². The number of rotatable bonds is 9. The Kier molecular flexibility index (Phi) is 8.96. The zero-order valence-electron chi connectivity index (χ0n) is 12.2. The maximum Gasteiger partial charge on any atom is 0.0217 e. The average Bonchev–Trinajstić information content (AvgIpc) is 2.20. The van der Waals surface area contributed by atoms with Crippen molar-refractivity contribution in [1.29, 1.82) is 0 Å². The van der Waals surface area contributed by atoms with Gasteiger partial charge in [0.15, 0.2) is 0 Å². The van der Waals surface area contributed by atoms with Gasteiger partial charge in [0.05, 0.1) is 0 Å². The number of hydrogen-bond acceptors (Lipinski definition) is 2. The summed E-state index contributed by atoms with van der Waals surface area (Å²) in [6.07, 6.45) is 5.22. The molecule has 0 bridgehead atoms. The van der Waals surface area contributed by atoms with Crippen LogP contribution in [0.5, 0.6) is 0 Å². The lowest BCUT2D eigenvalue weighted by Gasteiger charge is -2.28. The lowest BCUT2D eigenvalue weighted by Crippen LogP contribution is -2.41. The van der Waals surface area contributed by atoms with Crippen molar-refractivity contribution >= 4 is 0 Å². The molecule has 0 aliphatic heterocycles. The third kappa shape index (κ3) is 8.12. The minimum atomic E-state index is 0.662. The topological polar surface area (TPSA) is 15.3 Å². The van der Waals surface area contributed by atoms with Crippen LogP contribution in [0, 0.1) is 5.92 Å². The minimum absolute atomic E-state index is 0.662. The molecule has 0 aliphatic rings. The van der Waals surface area contributed by atoms with E-state index in [4.69, 9.17) is 0 Å². The molecule has 0 aromatic carbocycles. The van der Waals surface area contributed by atoms with Crippen molar-refractivity contribution in [2.24, 2.45) is 5.92 Å². The van der Waals surface area contributed by atoms with Crippen molar-refractivity contribution in [1.82, 2.24) is 10.2 Å². The fraction of sp³-hybridized carbons (Fsp3) is 1.00. The lowest BCUT2D eigenvalue weighted by atomic mass is 10.0. The van der Waals surface area contributed by atoms with Crippen LogP contribution < -0.4 is 5.32 Å². The molecule has 0 aromatic heterocycles. The van der Waals surface area contributed by atoms with Crippen molar-refractivity contribution < 1.29 is 0 Å². The molecule has 0 aromatic rings. The van der Waals surface area contributed by atoms with Crippen LogP contribution in [0.1, 0.15) is 53.4 Å². The highest BCUT2D eigenvalue weighted by molar-refractivity contribution is 4.73. The van der Waals surface area contributed by atoms with E-state index in [1.165, 1.54) is 25.7 Å². The SMILES string of the molecule is CCCCC(C)NCC(CC(C)C)N(C)C. The molecule has 2 unspecified atom stereocenters. The number of nitrogens with zero attached hydrogens (tertiary/aromatic N) is 1. The maximum absolute atomic E-state index is 3.66. The number of unbranched alkanes of at least 4 members (excludes halogenated alkanes) is 1. The lowest BCUT2D eigenvalue weighted by molar-refractivity contribution is 0.240. The molecule has 2 nitrogen and oxygen atoms in total. The second kappa shape index (κ2) is 9.00. The standard InChI is InChI=1S/C14H32N2/c1-7-8-9-13(4)15-11-14(16(5)6)10-12(2)3/h12-15H,7-11H2,1-6H3. The van der Waals surface area contributed by atoms with Crippen molar-refractivity contribution in [3.05, 3.63) is 0 Å². The molecule has 16 heavy (non-hydrogen) atoms. The van der Waals surface area contributed by atoms with Gasteiger partial charge in [-0.1, -0.05) is 33.6 Å². The van der Waals surface area contributed by atoms with Crippen LogP contribution >= 0.6 is 0 Å². The van der Waals surface area contributed by atoms with E-state index in [-0.39, 0.29) is 0 Å². The third-order valence-corrected chi connectivity index (χ3v) is 3.17. The van der Waals surface area contributed by atoms with E-state index < -0.39 is 0 Å². The largest absolute Gasteiger partial charge is 0.313 e. The molecular formula is C14H32N2. The number of nitrogens with one attached hydrogen (secondary N) is 1. The molecule has 2 atom stereocenters. The molecule has 0 heterocycles. The predicted molar refractivity (Wildman–Crippen MR) is 73.9 cm³/mol. The summed E-state index contributed by atoms with van der Waals surface area (Å²) in [4.78, 5) is 2.35. The summed E-state index contributed by atoms with van der Waals surface area (Å²) < 4.78 is 0. The van der Waals surface area contributed by atoms with Crippen molar-refractivity contribution in [2.75, 3.05) is 20.6 Å². The zero-order valence-corrected chi connectivity index (χ0v) is 12.2. The van der Waals surface area contributed by atoms with Crippen LogP contribution in [0.25, 0.3) is 0 Å². The highest BCUT2D eigenvalue weighted by Gasteiger charge is 2.13. The van der Waals surface area contributed by atoms with Gasteiger partial charge in [-0.15, -0.1) is 0 Å². The molecule has 0 spiro atoms. The van der Waals surface area contributed by atoms with E-state index in [1.54, 1.807) is 0 Å². The molecule has 0 aliphatic carbocycles. The summed E-state index contributed by atoms with van der Waals surface area (Å²) >= 11 is 0. The quantitative estimate of drug-likeness (QED) is 0.652. The summed E-state index contributed by atoms with van der Waals surface area (Å²) in [5.41, 5.74) is 0. The van der Waals surface area contributed by atoms with E-state index in [9.17, 15) is 0 Å². The van der Waals surface area contributed by atoms with Crippen LogP contribution in [0.4, 0.5) is 0 Å². The molecule has 1 N–H and O–H groups in total. The van der Waals surface area contributed by atoms with Crippen LogP contribution in [0.2, 0.25) is 0 Å². The van der Waals surface area contributed by atoms with Gasteiger partial charge in [0.2, 0.25) is 0 Å². The Morgan fingerprint density at radius 3 is 2.19 bits per heavy atom. The molecule has 2 heteroatoms. The maximum atomic E-state index is 3.66. The molecule has 0 rings (SSSR count). The zero-order chi connectivity index (χ0) is 12.6. The summed E-state index contributed by atoms with van der Waals surface area (Å²) in [5.74, 6) is 0.778. The van der Waals surface area contributed by atoms with Crippen molar-refractivity contribution in [3.63, 3.8) is 0 Å². The second-order valence-electron chi connectivity index (χ2n) is 5.70. The average molecular weight is 228 g/mol. The first kappa shape index (κ1) is 15.9. The van der Waals surface area contributed by atoms with E-state index in [0.717, 1.165) is 12.5 Å². The Morgan fingerprint density at radius 2 is 1.75 bits per heavy atom. The Bertz CT molecular complexity index is 155. The van der Waals surface area contributed by atoms with E-state index in [2.05, 4.69) is 52.0 Å². The van der Waals surface area contributed by atoms with Gasteiger partial charge >= 0.3 is 0 Å². The summed E-state index contributed by atoms with van der Waals surface area (Å²) in [6, 6.07) is 1.33. The fourth-order valence-corrected chi connectivity index (χ4v) is 1.97. The smallest absolute Gasteiger partial charge is 0.0217 e. The van der Waals surface area contributed by atoms with Gasteiger partial charge in [-0.3, -0.25) is 0 Å². The van der Waals surface area contributed by atoms with Crippen LogP contribution in [0.15, 0.2) is 0 Å². The molecule has 0 saturated heterocycles. The summed E-state index contributed by atoms with van der Waals surface area (Å²) in [7, 11) is 4.37. The Hall–Kier alpha value is -0.0800. The molecule has 0 fully saturated rings. The van der Waals surface area contributed by atoms with Crippen LogP contribution in [-0.4, -0.2) is 37.6 Å². The summed E-state index contributed by atoms with van der Waals surface area (Å²) in [5, 5.41) is 3.66. The highest BCUT2D eigenvalue weighted by atomic mass is 15.1.